The van der Waals surface area contributed by atoms with Gasteiger partial charge in [0.05, 0.1) is 18.7 Å². The number of rotatable bonds is 7. The van der Waals surface area contributed by atoms with Crippen molar-refractivity contribution in [2.24, 2.45) is 0 Å². The molecule has 0 radical (unpaired) electrons. The molecule has 1 aliphatic rings. The third kappa shape index (κ3) is 5.44. The monoisotopic (exact) mass is 436 g/mol. The SMILES string of the molecule is CCOc1ccccc1OC1CCN(C(=O)Cc2csc(-c3ccc(C)cc3)n2)CC1. The largest absolute Gasteiger partial charge is 0.490 e. The number of carbonyl (C=O) groups is 1. The highest BCUT2D eigenvalue weighted by Gasteiger charge is 2.25. The molecule has 0 spiro atoms. The molecule has 0 N–H and O–H groups in total. The van der Waals surface area contributed by atoms with E-state index in [-0.39, 0.29) is 12.0 Å². The molecule has 31 heavy (non-hydrogen) atoms. The molecule has 0 saturated carbocycles. The lowest BCUT2D eigenvalue weighted by molar-refractivity contribution is -0.132. The number of aryl methyl sites for hydroxylation is 1. The van der Waals surface area contributed by atoms with Crippen LogP contribution in [0.2, 0.25) is 0 Å². The molecule has 1 aliphatic heterocycles. The van der Waals surface area contributed by atoms with Crippen LogP contribution in [0.3, 0.4) is 0 Å². The molecule has 2 aromatic carbocycles. The van der Waals surface area contributed by atoms with Gasteiger partial charge in [-0.3, -0.25) is 4.79 Å². The average molecular weight is 437 g/mol. The maximum absolute atomic E-state index is 12.8. The summed E-state index contributed by atoms with van der Waals surface area (Å²) < 4.78 is 11.8. The number of benzene rings is 2. The number of hydrogen-bond acceptors (Lipinski definition) is 5. The zero-order chi connectivity index (χ0) is 21.6. The summed E-state index contributed by atoms with van der Waals surface area (Å²) in [4.78, 5) is 19.4. The van der Waals surface area contributed by atoms with Crippen molar-refractivity contribution in [3.63, 3.8) is 0 Å². The van der Waals surface area contributed by atoms with Gasteiger partial charge >= 0.3 is 0 Å². The fourth-order valence-electron chi connectivity index (χ4n) is 3.71. The first kappa shape index (κ1) is 21.4. The second-order valence-electron chi connectivity index (χ2n) is 7.76. The van der Waals surface area contributed by atoms with Crippen molar-refractivity contribution in [3.8, 4) is 22.1 Å². The number of amides is 1. The van der Waals surface area contributed by atoms with Gasteiger partial charge in [0, 0.05) is 36.9 Å². The number of aromatic nitrogens is 1. The summed E-state index contributed by atoms with van der Waals surface area (Å²) in [6.45, 7) is 6.05. The van der Waals surface area contributed by atoms with E-state index in [9.17, 15) is 4.79 Å². The van der Waals surface area contributed by atoms with Crippen molar-refractivity contribution in [1.29, 1.82) is 0 Å². The number of para-hydroxylation sites is 2. The van der Waals surface area contributed by atoms with E-state index >= 15 is 0 Å². The van der Waals surface area contributed by atoms with E-state index in [2.05, 4.69) is 36.2 Å². The maximum atomic E-state index is 12.8. The first-order valence-electron chi connectivity index (χ1n) is 10.8. The Hall–Kier alpha value is -2.86. The Morgan fingerprint density at radius 2 is 1.81 bits per heavy atom. The average Bonchev–Trinajstić information content (AvgIpc) is 3.25. The van der Waals surface area contributed by atoms with Gasteiger partial charge < -0.3 is 14.4 Å². The summed E-state index contributed by atoms with van der Waals surface area (Å²) in [5.74, 6) is 1.69. The van der Waals surface area contributed by atoms with E-state index in [0.717, 1.165) is 40.6 Å². The van der Waals surface area contributed by atoms with Gasteiger partial charge in [0.2, 0.25) is 5.91 Å². The molecule has 1 fully saturated rings. The fraction of sp³-hybridized carbons (Fsp3) is 0.360. The summed E-state index contributed by atoms with van der Waals surface area (Å²) in [5.41, 5.74) is 3.17. The highest BCUT2D eigenvalue weighted by molar-refractivity contribution is 7.13. The van der Waals surface area contributed by atoms with Crippen LogP contribution in [0, 0.1) is 6.92 Å². The van der Waals surface area contributed by atoms with E-state index in [4.69, 9.17) is 9.47 Å². The van der Waals surface area contributed by atoms with Crippen LogP contribution in [0.4, 0.5) is 0 Å². The summed E-state index contributed by atoms with van der Waals surface area (Å²) in [7, 11) is 0. The Bertz CT molecular complexity index is 1010. The second kappa shape index (κ2) is 9.96. The van der Waals surface area contributed by atoms with Crippen LogP contribution in [0.5, 0.6) is 11.5 Å². The zero-order valence-corrected chi connectivity index (χ0v) is 18.9. The van der Waals surface area contributed by atoms with Crippen molar-refractivity contribution in [1.82, 2.24) is 9.88 Å². The summed E-state index contributed by atoms with van der Waals surface area (Å²) in [5, 5.41) is 2.95. The van der Waals surface area contributed by atoms with Crippen molar-refractivity contribution < 1.29 is 14.3 Å². The maximum Gasteiger partial charge on any atom is 0.228 e. The van der Waals surface area contributed by atoms with E-state index in [0.29, 0.717) is 26.1 Å². The number of piperidine rings is 1. The highest BCUT2D eigenvalue weighted by atomic mass is 32.1. The molecular weight excluding hydrogens is 408 g/mol. The normalized spacial score (nSPS) is 14.5. The topological polar surface area (TPSA) is 51.7 Å². The first-order valence-corrected chi connectivity index (χ1v) is 11.7. The van der Waals surface area contributed by atoms with Crippen LogP contribution < -0.4 is 9.47 Å². The Morgan fingerprint density at radius 1 is 1.10 bits per heavy atom. The smallest absolute Gasteiger partial charge is 0.228 e. The number of thiazole rings is 1. The molecule has 1 amide bonds. The molecule has 1 saturated heterocycles. The molecule has 0 unspecified atom stereocenters. The molecule has 3 aromatic rings. The Labute approximate surface area is 187 Å². The standard InChI is InChI=1S/C25H28N2O3S/c1-3-29-22-6-4-5-7-23(22)30-21-12-14-27(15-13-21)24(28)16-20-17-31-25(26-20)19-10-8-18(2)9-11-19/h4-11,17,21H,3,12-16H2,1-2H3. The van der Waals surface area contributed by atoms with Gasteiger partial charge in [-0.1, -0.05) is 42.0 Å². The van der Waals surface area contributed by atoms with Crippen molar-refractivity contribution in [3.05, 3.63) is 65.2 Å². The lowest BCUT2D eigenvalue weighted by atomic mass is 10.1. The third-order valence-corrected chi connectivity index (χ3v) is 6.36. The summed E-state index contributed by atoms with van der Waals surface area (Å²) in [6.07, 6.45) is 2.08. The molecule has 5 nitrogen and oxygen atoms in total. The van der Waals surface area contributed by atoms with Crippen LogP contribution in [-0.4, -0.2) is 41.6 Å². The molecule has 6 heteroatoms. The zero-order valence-electron chi connectivity index (χ0n) is 18.0. The Balaban J connectivity index is 1.29. The van der Waals surface area contributed by atoms with Gasteiger partial charge in [-0.05, 0) is 26.0 Å². The highest BCUT2D eigenvalue weighted by Crippen LogP contribution is 2.29. The minimum absolute atomic E-state index is 0.0954. The Kier molecular flexibility index (Phi) is 6.87. The fourth-order valence-corrected chi connectivity index (χ4v) is 4.53. The van der Waals surface area contributed by atoms with Gasteiger partial charge in [0.1, 0.15) is 11.1 Å². The van der Waals surface area contributed by atoms with Gasteiger partial charge in [0.25, 0.3) is 0 Å². The van der Waals surface area contributed by atoms with Crippen molar-refractivity contribution in [2.75, 3.05) is 19.7 Å². The predicted octanol–water partition coefficient (Wildman–Crippen LogP) is 5.13. The number of ether oxygens (including phenoxy) is 2. The third-order valence-electron chi connectivity index (χ3n) is 5.42. The molecular formula is C25H28N2O3S. The van der Waals surface area contributed by atoms with Crippen LogP contribution >= 0.6 is 11.3 Å². The second-order valence-corrected chi connectivity index (χ2v) is 8.62. The minimum Gasteiger partial charge on any atom is -0.490 e. The quantitative estimate of drug-likeness (QED) is 0.515. The van der Waals surface area contributed by atoms with Crippen LogP contribution in [0.1, 0.15) is 31.0 Å². The lowest BCUT2D eigenvalue weighted by Crippen LogP contribution is -2.42. The van der Waals surface area contributed by atoms with Gasteiger partial charge in [-0.2, -0.15) is 0 Å². The Morgan fingerprint density at radius 3 is 2.52 bits per heavy atom. The summed E-state index contributed by atoms with van der Waals surface area (Å²) >= 11 is 1.59. The number of hydrogen-bond donors (Lipinski definition) is 0. The summed E-state index contributed by atoms with van der Waals surface area (Å²) in [6, 6.07) is 16.1. The van der Waals surface area contributed by atoms with E-state index in [1.165, 1.54) is 5.56 Å². The van der Waals surface area contributed by atoms with Gasteiger partial charge in [0.15, 0.2) is 11.5 Å². The minimum atomic E-state index is 0.0954. The van der Waals surface area contributed by atoms with Crippen LogP contribution in [0.15, 0.2) is 53.9 Å². The number of likely N-dealkylation sites (tertiary alicyclic amines) is 1. The molecule has 0 atom stereocenters. The molecule has 0 aliphatic carbocycles. The molecule has 4 rings (SSSR count). The molecule has 1 aromatic heterocycles. The van der Waals surface area contributed by atoms with Gasteiger partial charge in [-0.25, -0.2) is 4.98 Å². The van der Waals surface area contributed by atoms with E-state index < -0.39 is 0 Å². The number of nitrogens with zero attached hydrogens (tertiary/aromatic N) is 2. The predicted molar refractivity (Wildman–Crippen MR) is 124 cm³/mol. The van der Waals surface area contributed by atoms with Crippen molar-refractivity contribution in [2.45, 2.75) is 39.2 Å². The van der Waals surface area contributed by atoms with Gasteiger partial charge in [-0.15, -0.1) is 11.3 Å². The molecule has 0 bridgehead atoms. The van der Waals surface area contributed by atoms with Crippen LogP contribution in [-0.2, 0) is 11.2 Å². The van der Waals surface area contributed by atoms with E-state index in [1.54, 1.807) is 11.3 Å². The first-order chi connectivity index (χ1) is 15.1. The van der Waals surface area contributed by atoms with Crippen molar-refractivity contribution >= 4 is 17.2 Å². The molecule has 2 heterocycles. The van der Waals surface area contributed by atoms with Crippen LogP contribution in [0.25, 0.3) is 10.6 Å². The number of carbonyl (C=O) groups excluding carboxylic acids is 1. The lowest BCUT2D eigenvalue weighted by Gasteiger charge is -2.32. The van der Waals surface area contributed by atoms with E-state index in [1.807, 2.05) is 41.5 Å². The molecule has 162 valence electrons.